The van der Waals surface area contributed by atoms with Gasteiger partial charge in [0.05, 0.1) is 16.6 Å². The van der Waals surface area contributed by atoms with Crippen LogP contribution >= 0.6 is 0 Å². The van der Waals surface area contributed by atoms with Gasteiger partial charge >= 0.3 is 0 Å². The highest BCUT2D eigenvalue weighted by Gasteiger charge is 2.14. The first-order valence-corrected chi connectivity index (χ1v) is 6.11. The maximum absolute atomic E-state index is 12.2. The van der Waals surface area contributed by atoms with Crippen LogP contribution in [0.5, 0.6) is 0 Å². The molecule has 0 aliphatic heterocycles. The number of amides is 1. The van der Waals surface area contributed by atoms with Gasteiger partial charge in [0.1, 0.15) is 0 Å². The van der Waals surface area contributed by atoms with Crippen LogP contribution in [0.1, 0.15) is 27.3 Å². The second-order valence-electron chi connectivity index (χ2n) is 4.62. The number of aryl methyl sites for hydroxylation is 2. The van der Waals surface area contributed by atoms with Crippen LogP contribution in [0, 0.1) is 20.8 Å². The summed E-state index contributed by atoms with van der Waals surface area (Å²) >= 11 is 0. The van der Waals surface area contributed by atoms with Gasteiger partial charge in [0.2, 0.25) is 0 Å². The van der Waals surface area contributed by atoms with E-state index in [2.05, 4.69) is 25.7 Å². The number of hydrogen-bond donors (Lipinski definition) is 2. The molecule has 0 radical (unpaired) electrons. The van der Waals surface area contributed by atoms with E-state index >= 15 is 0 Å². The zero-order valence-electron chi connectivity index (χ0n) is 11.3. The molecule has 0 unspecified atom stereocenters. The number of rotatable bonds is 2. The monoisotopic (exact) mass is 271 g/mol. The second-order valence-corrected chi connectivity index (χ2v) is 4.62. The third-order valence-corrected chi connectivity index (χ3v) is 3.26. The lowest BCUT2D eigenvalue weighted by atomic mass is 10.2. The molecule has 0 atom stereocenters. The molecule has 0 bridgehead atoms. The van der Waals surface area contributed by atoms with Gasteiger partial charge in [-0.15, -0.1) is 0 Å². The molecule has 3 heterocycles. The van der Waals surface area contributed by atoms with Crippen molar-refractivity contribution >= 4 is 22.8 Å². The van der Waals surface area contributed by atoms with E-state index in [9.17, 15) is 4.79 Å². The van der Waals surface area contributed by atoms with E-state index < -0.39 is 0 Å². The van der Waals surface area contributed by atoms with Crippen LogP contribution in [0.15, 0.2) is 16.8 Å². The fourth-order valence-corrected chi connectivity index (χ4v) is 1.86. The van der Waals surface area contributed by atoms with E-state index in [1.807, 2.05) is 13.8 Å². The number of carbonyl (C=O) groups excluding carboxylic acids is 1. The molecular weight excluding hydrogens is 258 g/mol. The van der Waals surface area contributed by atoms with Gasteiger partial charge in [0.25, 0.3) is 11.6 Å². The molecule has 0 spiro atoms. The minimum atomic E-state index is -0.269. The number of carbonyl (C=O) groups is 1. The van der Waals surface area contributed by atoms with Crippen LogP contribution < -0.4 is 5.32 Å². The number of nitrogens with zero attached hydrogens (tertiary/aromatic N) is 3. The Labute approximate surface area is 114 Å². The van der Waals surface area contributed by atoms with Crippen molar-refractivity contribution in [1.82, 2.24) is 20.3 Å². The first-order chi connectivity index (χ1) is 9.56. The van der Waals surface area contributed by atoms with Crippen molar-refractivity contribution in [2.24, 2.45) is 0 Å². The van der Waals surface area contributed by atoms with Gasteiger partial charge in [-0.1, -0.05) is 5.16 Å². The Kier molecular flexibility index (Phi) is 2.74. The van der Waals surface area contributed by atoms with Crippen LogP contribution in [-0.4, -0.2) is 26.2 Å². The molecule has 0 fully saturated rings. The van der Waals surface area contributed by atoms with E-state index in [0.29, 0.717) is 22.8 Å². The second kappa shape index (κ2) is 4.44. The van der Waals surface area contributed by atoms with Gasteiger partial charge in [-0.25, -0.2) is 4.98 Å². The fourth-order valence-electron chi connectivity index (χ4n) is 1.86. The third kappa shape index (κ3) is 1.93. The van der Waals surface area contributed by atoms with Crippen molar-refractivity contribution in [2.45, 2.75) is 20.8 Å². The fraction of sp³-hybridized carbons (Fsp3) is 0.231. The van der Waals surface area contributed by atoms with Gasteiger partial charge in [0.15, 0.2) is 5.82 Å². The summed E-state index contributed by atoms with van der Waals surface area (Å²) < 4.78 is 5.01. The average molecular weight is 271 g/mol. The number of nitrogens with one attached hydrogen (secondary N) is 2. The minimum absolute atomic E-state index is 0.269. The Morgan fingerprint density at radius 1 is 1.35 bits per heavy atom. The zero-order chi connectivity index (χ0) is 14.3. The van der Waals surface area contributed by atoms with Crippen LogP contribution in [0.3, 0.4) is 0 Å². The summed E-state index contributed by atoms with van der Waals surface area (Å²) in [6.45, 7) is 5.59. The number of anilines is 1. The standard InChI is InChI=1S/C13H13N5O2/c1-6-7(2)16-17-11(6)15-12(19)9-4-10-8(3)18-20-13(10)14-5-9/h4-5H,1-3H3,(H2,15,16,17,19). The molecule has 2 N–H and O–H groups in total. The van der Waals surface area contributed by atoms with Crippen molar-refractivity contribution in [2.75, 3.05) is 5.32 Å². The summed E-state index contributed by atoms with van der Waals surface area (Å²) in [6, 6.07) is 1.71. The topological polar surface area (TPSA) is 96.7 Å². The SMILES string of the molecule is Cc1[nH]nc(NC(=O)c2cnc3onc(C)c3c2)c1C. The first kappa shape index (κ1) is 12.3. The summed E-state index contributed by atoms with van der Waals surface area (Å²) in [5.74, 6) is 0.254. The third-order valence-electron chi connectivity index (χ3n) is 3.26. The molecule has 0 saturated heterocycles. The van der Waals surface area contributed by atoms with Crippen molar-refractivity contribution in [3.05, 3.63) is 34.8 Å². The van der Waals surface area contributed by atoms with E-state index in [1.54, 1.807) is 13.0 Å². The van der Waals surface area contributed by atoms with Gasteiger partial charge in [-0.2, -0.15) is 5.10 Å². The number of pyridine rings is 1. The smallest absolute Gasteiger partial charge is 0.258 e. The van der Waals surface area contributed by atoms with Crippen LogP contribution in [-0.2, 0) is 0 Å². The van der Waals surface area contributed by atoms with Crippen molar-refractivity contribution < 1.29 is 9.32 Å². The molecule has 0 aliphatic rings. The summed E-state index contributed by atoms with van der Waals surface area (Å²) in [5, 5.41) is 14.2. The molecule has 3 rings (SSSR count). The van der Waals surface area contributed by atoms with Crippen LogP contribution in [0.2, 0.25) is 0 Å². The molecule has 0 saturated carbocycles. The van der Waals surface area contributed by atoms with Gasteiger partial charge in [-0.05, 0) is 26.8 Å². The average Bonchev–Trinajstić information content (AvgIpc) is 2.96. The zero-order valence-corrected chi connectivity index (χ0v) is 11.3. The van der Waals surface area contributed by atoms with Crippen molar-refractivity contribution in [1.29, 1.82) is 0 Å². The Morgan fingerprint density at radius 2 is 2.15 bits per heavy atom. The molecule has 7 heteroatoms. The predicted octanol–water partition coefficient (Wildman–Crippen LogP) is 2.12. The summed E-state index contributed by atoms with van der Waals surface area (Å²) in [5.41, 5.74) is 3.39. The largest absolute Gasteiger partial charge is 0.336 e. The molecule has 1 amide bonds. The van der Waals surface area contributed by atoms with Crippen molar-refractivity contribution in [3.8, 4) is 0 Å². The molecular formula is C13H13N5O2. The number of fused-ring (bicyclic) bond motifs is 1. The predicted molar refractivity (Wildman–Crippen MR) is 72.6 cm³/mol. The first-order valence-electron chi connectivity index (χ1n) is 6.11. The lowest BCUT2D eigenvalue weighted by molar-refractivity contribution is 0.102. The molecule has 7 nitrogen and oxygen atoms in total. The van der Waals surface area contributed by atoms with Gasteiger partial charge < -0.3 is 9.84 Å². The van der Waals surface area contributed by atoms with E-state index in [1.165, 1.54) is 6.20 Å². The number of hydrogen-bond acceptors (Lipinski definition) is 5. The van der Waals surface area contributed by atoms with E-state index in [0.717, 1.165) is 16.6 Å². The molecule has 3 aromatic rings. The Balaban J connectivity index is 1.92. The molecule has 3 aromatic heterocycles. The van der Waals surface area contributed by atoms with Crippen LogP contribution in [0.25, 0.3) is 11.1 Å². The van der Waals surface area contributed by atoms with Gasteiger partial charge in [0, 0.05) is 17.5 Å². The summed E-state index contributed by atoms with van der Waals surface area (Å²) in [6.07, 6.45) is 1.46. The summed E-state index contributed by atoms with van der Waals surface area (Å²) in [4.78, 5) is 16.3. The lowest BCUT2D eigenvalue weighted by Crippen LogP contribution is -2.13. The van der Waals surface area contributed by atoms with E-state index in [4.69, 9.17) is 4.52 Å². The van der Waals surface area contributed by atoms with Crippen LogP contribution in [0.4, 0.5) is 5.82 Å². The van der Waals surface area contributed by atoms with Gasteiger partial charge in [-0.3, -0.25) is 9.89 Å². The summed E-state index contributed by atoms with van der Waals surface area (Å²) in [7, 11) is 0. The quantitative estimate of drug-likeness (QED) is 0.744. The highest BCUT2D eigenvalue weighted by molar-refractivity contribution is 6.05. The minimum Gasteiger partial charge on any atom is -0.336 e. The molecule has 0 aliphatic carbocycles. The Bertz CT molecular complexity index is 802. The maximum atomic E-state index is 12.2. The maximum Gasteiger partial charge on any atom is 0.258 e. The number of aromatic amines is 1. The number of aromatic nitrogens is 4. The lowest BCUT2D eigenvalue weighted by Gasteiger charge is -2.02. The normalized spacial score (nSPS) is 10.9. The molecule has 20 heavy (non-hydrogen) atoms. The van der Waals surface area contributed by atoms with Crippen molar-refractivity contribution in [3.63, 3.8) is 0 Å². The Morgan fingerprint density at radius 3 is 2.85 bits per heavy atom. The highest BCUT2D eigenvalue weighted by atomic mass is 16.5. The number of H-pyrrole nitrogens is 1. The van der Waals surface area contributed by atoms with E-state index in [-0.39, 0.29) is 5.91 Å². The molecule has 0 aromatic carbocycles. The Hall–Kier alpha value is -2.70. The molecule has 102 valence electrons. The highest BCUT2D eigenvalue weighted by Crippen LogP contribution is 2.19.